The number of hydrogen-bond donors (Lipinski definition) is 2. The second-order valence-corrected chi connectivity index (χ2v) is 5.42. The topological polar surface area (TPSA) is 76.4 Å². The first-order chi connectivity index (χ1) is 11.3. The highest BCUT2D eigenvalue weighted by atomic mass is 19.4. The first-order valence-electron chi connectivity index (χ1n) is 7.09. The minimum Gasteiger partial charge on any atom is -0.497 e. The van der Waals surface area contributed by atoms with Gasteiger partial charge in [0.1, 0.15) is 17.1 Å². The van der Waals surface area contributed by atoms with Crippen LogP contribution in [0.25, 0.3) is 0 Å². The maximum absolute atomic E-state index is 13.4. The van der Waals surface area contributed by atoms with Gasteiger partial charge in [-0.3, -0.25) is 0 Å². The molecular weight excluding hydrogens is 327 g/mol. The fourth-order valence-electron chi connectivity index (χ4n) is 2.80. The van der Waals surface area contributed by atoms with Gasteiger partial charge in [-0.15, -0.1) is 0 Å². The SMILES string of the molecule is COc1cccc([C@H]2C[C@H](C(F)(F)F)n3ncc(C(=O)O)c3N2)c1. The van der Waals surface area contributed by atoms with Crippen LogP contribution in [0.15, 0.2) is 30.5 Å². The van der Waals surface area contributed by atoms with Crippen LogP contribution in [-0.4, -0.2) is 34.1 Å². The Balaban J connectivity index is 2.05. The zero-order chi connectivity index (χ0) is 17.5. The molecule has 3 rings (SSSR count). The number of nitrogens with one attached hydrogen (secondary N) is 1. The Morgan fingerprint density at radius 1 is 1.46 bits per heavy atom. The quantitative estimate of drug-likeness (QED) is 0.896. The number of halogens is 3. The van der Waals surface area contributed by atoms with E-state index in [0.717, 1.165) is 6.20 Å². The lowest BCUT2D eigenvalue weighted by atomic mass is 9.96. The van der Waals surface area contributed by atoms with Crippen LogP contribution in [0.3, 0.4) is 0 Å². The minimum atomic E-state index is -4.55. The lowest BCUT2D eigenvalue weighted by Crippen LogP contribution is -2.36. The van der Waals surface area contributed by atoms with Crippen LogP contribution in [-0.2, 0) is 0 Å². The number of anilines is 1. The summed E-state index contributed by atoms with van der Waals surface area (Å²) in [7, 11) is 1.46. The van der Waals surface area contributed by atoms with Gasteiger partial charge < -0.3 is 15.2 Å². The summed E-state index contributed by atoms with van der Waals surface area (Å²) in [6.07, 6.45) is -3.92. The van der Waals surface area contributed by atoms with Crippen LogP contribution in [0.1, 0.15) is 34.4 Å². The van der Waals surface area contributed by atoms with Crippen molar-refractivity contribution < 1.29 is 27.8 Å². The molecule has 1 aliphatic rings. The summed E-state index contributed by atoms with van der Waals surface area (Å²) in [6, 6.07) is 4.02. The van der Waals surface area contributed by atoms with Crippen LogP contribution in [0.4, 0.5) is 19.0 Å². The summed E-state index contributed by atoms with van der Waals surface area (Å²) in [5.74, 6) is -0.977. The lowest BCUT2D eigenvalue weighted by Gasteiger charge is -2.33. The molecule has 0 radical (unpaired) electrons. The van der Waals surface area contributed by atoms with E-state index in [2.05, 4.69) is 10.4 Å². The van der Waals surface area contributed by atoms with Crippen LogP contribution in [0.2, 0.25) is 0 Å². The minimum absolute atomic E-state index is 0.149. The van der Waals surface area contributed by atoms with Crippen molar-refractivity contribution >= 4 is 11.8 Å². The molecule has 2 heterocycles. The summed E-state index contributed by atoms with van der Waals surface area (Å²) in [5, 5.41) is 15.6. The van der Waals surface area contributed by atoms with Gasteiger partial charge in [-0.1, -0.05) is 12.1 Å². The average molecular weight is 341 g/mol. The van der Waals surface area contributed by atoms with E-state index < -0.39 is 24.2 Å². The highest BCUT2D eigenvalue weighted by Crippen LogP contribution is 2.44. The zero-order valence-corrected chi connectivity index (χ0v) is 12.5. The molecule has 2 atom stereocenters. The maximum atomic E-state index is 13.4. The van der Waals surface area contributed by atoms with Crippen molar-refractivity contribution in [2.24, 2.45) is 0 Å². The molecule has 0 saturated heterocycles. The van der Waals surface area contributed by atoms with Crippen molar-refractivity contribution in [3.63, 3.8) is 0 Å². The number of alkyl halides is 3. The highest BCUT2D eigenvalue weighted by Gasteiger charge is 2.47. The predicted octanol–water partition coefficient (Wildman–Crippen LogP) is 3.25. The summed E-state index contributed by atoms with van der Waals surface area (Å²) < 4.78 is 46.0. The van der Waals surface area contributed by atoms with Crippen molar-refractivity contribution in [3.05, 3.63) is 41.6 Å². The third kappa shape index (κ3) is 2.77. The number of aromatic carboxylic acids is 1. The second kappa shape index (κ2) is 5.73. The predicted molar refractivity (Wildman–Crippen MR) is 78.3 cm³/mol. The molecule has 1 aromatic heterocycles. The molecule has 0 amide bonds. The van der Waals surface area contributed by atoms with Crippen molar-refractivity contribution in [2.75, 3.05) is 12.4 Å². The number of ether oxygens (including phenoxy) is 1. The molecular formula is C15H14F3N3O3. The van der Waals surface area contributed by atoms with E-state index in [1.165, 1.54) is 7.11 Å². The van der Waals surface area contributed by atoms with Gasteiger partial charge in [-0.25, -0.2) is 9.48 Å². The molecule has 0 aliphatic carbocycles. The molecule has 1 aliphatic heterocycles. The third-order valence-electron chi connectivity index (χ3n) is 3.97. The molecule has 6 nitrogen and oxygen atoms in total. The number of fused-ring (bicyclic) bond motifs is 1. The maximum Gasteiger partial charge on any atom is 0.410 e. The molecule has 0 fully saturated rings. The van der Waals surface area contributed by atoms with Crippen LogP contribution >= 0.6 is 0 Å². The fourth-order valence-corrected chi connectivity index (χ4v) is 2.80. The molecule has 128 valence electrons. The number of benzene rings is 1. The number of carboxylic acids is 1. The van der Waals surface area contributed by atoms with Gasteiger partial charge in [0.25, 0.3) is 0 Å². The van der Waals surface area contributed by atoms with Crippen molar-refractivity contribution in [3.8, 4) is 5.75 Å². The Morgan fingerprint density at radius 3 is 2.83 bits per heavy atom. The largest absolute Gasteiger partial charge is 0.497 e. The van der Waals surface area contributed by atoms with Gasteiger partial charge in [0.2, 0.25) is 0 Å². The fraction of sp³-hybridized carbons (Fsp3) is 0.333. The monoisotopic (exact) mass is 341 g/mol. The molecule has 0 spiro atoms. The van der Waals surface area contributed by atoms with Crippen LogP contribution < -0.4 is 10.1 Å². The number of hydrogen-bond acceptors (Lipinski definition) is 4. The lowest BCUT2D eigenvalue weighted by molar-refractivity contribution is -0.173. The number of methoxy groups -OCH3 is 1. The number of aromatic nitrogens is 2. The first-order valence-corrected chi connectivity index (χ1v) is 7.09. The van der Waals surface area contributed by atoms with Gasteiger partial charge in [0.05, 0.1) is 19.3 Å². The molecule has 2 N–H and O–H groups in total. The molecule has 24 heavy (non-hydrogen) atoms. The summed E-state index contributed by atoms with van der Waals surface area (Å²) in [4.78, 5) is 11.2. The Labute approximate surface area is 134 Å². The Hall–Kier alpha value is -2.71. The molecule has 1 aromatic carbocycles. The van der Waals surface area contributed by atoms with Crippen molar-refractivity contribution in [2.45, 2.75) is 24.7 Å². The summed E-state index contributed by atoms with van der Waals surface area (Å²) in [5.41, 5.74) is 0.282. The van der Waals surface area contributed by atoms with Gasteiger partial charge in [-0.2, -0.15) is 18.3 Å². The van der Waals surface area contributed by atoms with E-state index in [0.29, 0.717) is 16.0 Å². The normalized spacial score (nSPS) is 20.2. The summed E-state index contributed by atoms with van der Waals surface area (Å²) >= 11 is 0. The Kier molecular flexibility index (Phi) is 3.86. The van der Waals surface area contributed by atoms with Crippen molar-refractivity contribution in [1.82, 2.24) is 9.78 Å². The van der Waals surface area contributed by atoms with Crippen LogP contribution in [0, 0.1) is 0 Å². The van der Waals surface area contributed by atoms with Gasteiger partial charge in [-0.05, 0) is 17.7 Å². The zero-order valence-electron chi connectivity index (χ0n) is 12.5. The van der Waals surface area contributed by atoms with E-state index in [1.807, 2.05) is 0 Å². The van der Waals surface area contributed by atoms with Gasteiger partial charge in [0, 0.05) is 6.42 Å². The third-order valence-corrected chi connectivity index (χ3v) is 3.97. The number of carboxylic acid groups (broad SMARTS) is 1. The average Bonchev–Trinajstić information content (AvgIpc) is 2.97. The first kappa shape index (κ1) is 16.2. The van der Waals surface area contributed by atoms with E-state index in [9.17, 15) is 18.0 Å². The number of nitrogens with zero attached hydrogens (tertiary/aromatic N) is 2. The highest BCUT2D eigenvalue weighted by molar-refractivity contribution is 5.93. The van der Waals surface area contributed by atoms with E-state index in [-0.39, 0.29) is 17.8 Å². The smallest absolute Gasteiger partial charge is 0.410 e. The van der Waals surface area contributed by atoms with E-state index in [4.69, 9.17) is 9.84 Å². The van der Waals surface area contributed by atoms with Crippen LogP contribution in [0.5, 0.6) is 5.75 Å². The van der Waals surface area contributed by atoms with E-state index in [1.54, 1.807) is 24.3 Å². The standard InChI is InChI=1S/C15H14F3N3O3/c1-24-9-4-2-3-8(5-9)11-6-12(15(16,17)18)21-13(20-11)10(7-19-21)14(22)23/h2-5,7,11-12,20H,6H2,1H3,(H,22,23)/t11-,12-/m1/s1. The Bertz CT molecular complexity index is 773. The second-order valence-electron chi connectivity index (χ2n) is 5.42. The van der Waals surface area contributed by atoms with E-state index >= 15 is 0 Å². The van der Waals surface area contributed by atoms with Gasteiger partial charge >= 0.3 is 12.1 Å². The molecule has 2 aromatic rings. The molecule has 0 unspecified atom stereocenters. The molecule has 0 saturated carbocycles. The van der Waals surface area contributed by atoms with Crippen molar-refractivity contribution in [1.29, 1.82) is 0 Å². The number of carbonyl (C=O) groups is 1. The molecule has 0 bridgehead atoms. The summed E-state index contributed by atoms with van der Waals surface area (Å²) in [6.45, 7) is 0. The molecule has 9 heteroatoms. The Morgan fingerprint density at radius 2 is 2.21 bits per heavy atom. The number of rotatable bonds is 3. The van der Waals surface area contributed by atoms with Gasteiger partial charge in [0.15, 0.2) is 6.04 Å².